The van der Waals surface area contributed by atoms with Crippen LogP contribution in [0.2, 0.25) is 5.02 Å². The molecule has 0 spiro atoms. The zero-order valence-corrected chi connectivity index (χ0v) is 18.6. The van der Waals surface area contributed by atoms with Gasteiger partial charge in [0, 0.05) is 0 Å². The number of sulfonamides is 1. The quantitative estimate of drug-likeness (QED) is 0.614. The molecule has 0 aliphatic carbocycles. The number of nitrogens with zero attached hydrogens (tertiary/aromatic N) is 1. The summed E-state index contributed by atoms with van der Waals surface area (Å²) >= 11 is 6.17. The van der Waals surface area contributed by atoms with Gasteiger partial charge in [-0.2, -0.15) is 0 Å². The van der Waals surface area contributed by atoms with E-state index in [4.69, 9.17) is 21.1 Å². The van der Waals surface area contributed by atoms with Crippen LogP contribution >= 0.6 is 11.6 Å². The molecule has 0 bridgehead atoms. The SMILES string of the molecule is CCOC(=O)c1ccc(NC(=O)[C@@H](C)N(c2ccc(OC)cc2)S(C)(=O)=O)c(Cl)c1. The number of carbonyl (C=O) groups excluding carboxylic acids is 2. The van der Waals surface area contributed by atoms with Gasteiger partial charge in [0.2, 0.25) is 15.9 Å². The van der Waals surface area contributed by atoms with Crippen LogP contribution in [0.3, 0.4) is 0 Å². The van der Waals surface area contributed by atoms with Crippen LogP contribution in [0.15, 0.2) is 42.5 Å². The molecule has 0 saturated carbocycles. The molecule has 30 heavy (non-hydrogen) atoms. The number of nitrogens with one attached hydrogen (secondary N) is 1. The summed E-state index contributed by atoms with van der Waals surface area (Å²) in [6, 6.07) is 9.51. The number of benzene rings is 2. The fourth-order valence-electron chi connectivity index (χ4n) is 2.73. The van der Waals surface area contributed by atoms with Gasteiger partial charge in [0.15, 0.2) is 0 Å². The van der Waals surface area contributed by atoms with Gasteiger partial charge in [0.25, 0.3) is 0 Å². The van der Waals surface area contributed by atoms with Crippen LogP contribution in [-0.4, -0.2) is 46.3 Å². The Bertz CT molecular complexity index is 1020. The fourth-order valence-corrected chi connectivity index (χ4v) is 4.14. The van der Waals surface area contributed by atoms with Crippen LogP contribution in [0.1, 0.15) is 24.2 Å². The summed E-state index contributed by atoms with van der Waals surface area (Å²) in [7, 11) is -2.27. The van der Waals surface area contributed by atoms with Crippen LogP contribution in [0.5, 0.6) is 5.75 Å². The molecule has 2 aromatic carbocycles. The Hall–Kier alpha value is -2.78. The van der Waals surface area contributed by atoms with Crippen LogP contribution in [0, 0.1) is 0 Å². The van der Waals surface area contributed by atoms with Gasteiger partial charge >= 0.3 is 5.97 Å². The molecule has 0 aliphatic rings. The molecule has 2 aromatic rings. The molecule has 0 unspecified atom stereocenters. The third-order valence-corrected chi connectivity index (χ3v) is 5.71. The smallest absolute Gasteiger partial charge is 0.338 e. The molecular weight excluding hydrogens is 432 g/mol. The summed E-state index contributed by atoms with van der Waals surface area (Å²) in [4.78, 5) is 24.6. The van der Waals surface area contributed by atoms with Gasteiger partial charge in [-0.3, -0.25) is 9.10 Å². The number of ether oxygens (including phenoxy) is 2. The number of esters is 1. The number of halogens is 1. The van der Waals surface area contributed by atoms with Crippen molar-refractivity contribution in [3.63, 3.8) is 0 Å². The second-order valence-corrected chi connectivity index (χ2v) is 8.60. The molecule has 8 nitrogen and oxygen atoms in total. The first-order chi connectivity index (χ1) is 14.1. The largest absolute Gasteiger partial charge is 0.497 e. The molecule has 1 atom stereocenters. The van der Waals surface area contributed by atoms with E-state index in [1.54, 1.807) is 31.2 Å². The molecule has 10 heteroatoms. The average molecular weight is 455 g/mol. The molecule has 0 radical (unpaired) electrons. The van der Waals surface area contributed by atoms with Gasteiger partial charge in [0.05, 0.1) is 41.9 Å². The Morgan fingerprint density at radius 2 is 1.80 bits per heavy atom. The van der Waals surface area contributed by atoms with Crippen LogP contribution in [0.25, 0.3) is 0 Å². The fraction of sp³-hybridized carbons (Fsp3) is 0.300. The van der Waals surface area contributed by atoms with E-state index < -0.39 is 27.9 Å². The molecule has 2 rings (SSSR count). The minimum Gasteiger partial charge on any atom is -0.497 e. The third kappa shape index (κ3) is 5.64. The lowest BCUT2D eigenvalue weighted by atomic mass is 10.2. The second kappa shape index (κ2) is 9.82. The maximum absolute atomic E-state index is 12.8. The minimum absolute atomic E-state index is 0.122. The van der Waals surface area contributed by atoms with Gasteiger partial charge in [-0.25, -0.2) is 13.2 Å². The highest BCUT2D eigenvalue weighted by atomic mass is 35.5. The van der Waals surface area contributed by atoms with Gasteiger partial charge in [-0.1, -0.05) is 11.6 Å². The first-order valence-electron chi connectivity index (χ1n) is 8.99. The van der Waals surface area contributed by atoms with Crippen LogP contribution < -0.4 is 14.4 Å². The molecule has 1 amide bonds. The van der Waals surface area contributed by atoms with Crippen molar-refractivity contribution in [2.45, 2.75) is 19.9 Å². The molecule has 1 N–H and O–H groups in total. The van der Waals surface area contributed by atoms with Crippen molar-refractivity contribution < 1.29 is 27.5 Å². The standard InChI is InChI=1S/C20H23ClN2O6S/c1-5-29-20(25)14-6-11-18(17(21)12-14)22-19(24)13(2)23(30(4,26)27)15-7-9-16(28-3)10-8-15/h6-13H,5H2,1-4H3,(H,22,24)/t13-/m1/s1. The zero-order valence-electron chi connectivity index (χ0n) is 17.0. The average Bonchev–Trinajstić information content (AvgIpc) is 2.69. The Morgan fingerprint density at radius 3 is 2.30 bits per heavy atom. The van der Waals surface area contributed by atoms with Crippen molar-refractivity contribution in [1.29, 1.82) is 0 Å². The van der Waals surface area contributed by atoms with E-state index in [-0.39, 0.29) is 22.9 Å². The van der Waals surface area contributed by atoms with Crippen molar-refractivity contribution >= 4 is 44.9 Å². The summed E-state index contributed by atoms with van der Waals surface area (Å²) in [5.74, 6) is -0.576. The molecule has 0 aromatic heterocycles. The van der Waals surface area contributed by atoms with Gasteiger partial charge in [-0.05, 0) is 56.3 Å². The first kappa shape index (κ1) is 23.5. The lowest BCUT2D eigenvalue weighted by molar-refractivity contribution is -0.116. The second-order valence-electron chi connectivity index (χ2n) is 6.34. The Labute approximate surface area is 180 Å². The van der Waals surface area contributed by atoms with Crippen molar-refractivity contribution in [1.82, 2.24) is 0 Å². The number of amides is 1. The summed E-state index contributed by atoms with van der Waals surface area (Å²) < 4.78 is 35.7. The van der Waals surface area contributed by atoms with Gasteiger partial charge in [-0.15, -0.1) is 0 Å². The molecule has 0 aliphatic heterocycles. The van der Waals surface area contributed by atoms with E-state index in [9.17, 15) is 18.0 Å². The number of carbonyl (C=O) groups is 2. The molecule has 0 fully saturated rings. The summed E-state index contributed by atoms with van der Waals surface area (Å²) in [6.45, 7) is 3.37. The normalized spacial score (nSPS) is 12.0. The van der Waals surface area contributed by atoms with Crippen molar-refractivity contribution in [2.75, 3.05) is 29.6 Å². The topological polar surface area (TPSA) is 102 Å². The summed E-state index contributed by atoms with van der Waals surface area (Å²) in [6.07, 6.45) is 1.02. The highest BCUT2D eigenvalue weighted by molar-refractivity contribution is 7.92. The first-order valence-corrected chi connectivity index (χ1v) is 11.2. The molecular formula is C20H23ClN2O6S. The van der Waals surface area contributed by atoms with E-state index >= 15 is 0 Å². The maximum atomic E-state index is 12.8. The number of methoxy groups -OCH3 is 1. The van der Waals surface area contributed by atoms with E-state index in [0.29, 0.717) is 11.4 Å². The third-order valence-electron chi connectivity index (χ3n) is 4.15. The van der Waals surface area contributed by atoms with E-state index in [1.807, 2.05) is 0 Å². The number of anilines is 2. The molecule has 0 heterocycles. The van der Waals surface area contributed by atoms with Crippen molar-refractivity contribution in [3.8, 4) is 5.75 Å². The zero-order chi connectivity index (χ0) is 22.5. The summed E-state index contributed by atoms with van der Waals surface area (Å²) in [5, 5.41) is 2.72. The highest BCUT2D eigenvalue weighted by Gasteiger charge is 2.29. The predicted octanol–water partition coefficient (Wildman–Crippen LogP) is 3.32. The Balaban J connectivity index is 2.26. The summed E-state index contributed by atoms with van der Waals surface area (Å²) in [5.41, 5.74) is 0.790. The van der Waals surface area contributed by atoms with Crippen molar-refractivity contribution in [2.24, 2.45) is 0 Å². The molecule has 162 valence electrons. The van der Waals surface area contributed by atoms with Crippen LogP contribution in [0.4, 0.5) is 11.4 Å². The van der Waals surface area contributed by atoms with E-state index in [1.165, 1.54) is 32.2 Å². The Morgan fingerprint density at radius 1 is 1.17 bits per heavy atom. The van der Waals surface area contributed by atoms with Crippen LogP contribution in [-0.2, 0) is 19.6 Å². The van der Waals surface area contributed by atoms with E-state index in [2.05, 4.69) is 5.32 Å². The number of hydrogen-bond acceptors (Lipinski definition) is 6. The number of rotatable bonds is 8. The maximum Gasteiger partial charge on any atom is 0.338 e. The minimum atomic E-state index is -3.77. The monoisotopic (exact) mass is 454 g/mol. The highest BCUT2D eigenvalue weighted by Crippen LogP contribution is 2.27. The molecule has 0 saturated heterocycles. The van der Waals surface area contributed by atoms with Gasteiger partial charge in [0.1, 0.15) is 11.8 Å². The van der Waals surface area contributed by atoms with Crippen molar-refractivity contribution in [3.05, 3.63) is 53.1 Å². The number of hydrogen-bond donors (Lipinski definition) is 1. The van der Waals surface area contributed by atoms with Gasteiger partial charge < -0.3 is 14.8 Å². The van der Waals surface area contributed by atoms with E-state index in [0.717, 1.165) is 10.6 Å². The lowest BCUT2D eigenvalue weighted by Gasteiger charge is -2.28. The lowest BCUT2D eigenvalue weighted by Crippen LogP contribution is -2.45. The Kier molecular flexibility index (Phi) is 7.69. The predicted molar refractivity (Wildman–Crippen MR) is 116 cm³/mol.